The average molecular weight is 300 g/mol. The smallest absolute Gasteiger partial charge is 0.237 e. The molecule has 5 heteroatoms. The summed E-state index contributed by atoms with van der Waals surface area (Å²) in [5.41, 5.74) is 0. The maximum Gasteiger partial charge on any atom is 0.237 e. The van der Waals surface area contributed by atoms with Gasteiger partial charge in [-0.1, -0.05) is 18.2 Å². The first-order valence-electron chi connectivity index (χ1n) is 7.62. The van der Waals surface area contributed by atoms with Gasteiger partial charge < -0.3 is 9.80 Å². The van der Waals surface area contributed by atoms with Crippen LogP contribution >= 0.6 is 0 Å². The van der Waals surface area contributed by atoms with E-state index in [1.54, 1.807) is 17.1 Å². The largest absolute Gasteiger partial charge is 0.354 e. The number of anilines is 1. The molecule has 0 N–H and O–H groups in total. The molecule has 5 nitrogen and oxygen atoms in total. The van der Waals surface area contributed by atoms with Crippen LogP contribution < -0.4 is 4.90 Å². The van der Waals surface area contributed by atoms with Crippen LogP contribution in [0.3, 0.4) is 0 Å². The van der Waals surface area contributed by atoms with Crippen molar-refractivity contribution in [2.24, 2.45) is 0 Å². The zero-order valence-electron chi connectivity index (χ0n) is 13.0. The Hall–Kier alpha value is -2.14. The van der Waals surface area contributed by atoms with E-state index in [2.05, 4.69) is 27.9 Å². The fourth-order valence-corrected chi connectivity index (χ4v) is 2.56. The minimum absolute atomic E-state index is 0.131. The summed E-state index contributed by atoms with van der Waals surface area (Å²) >= 11 is 0. The Kier molecular flexibility index (Phi) is 6.15. The van der Waals surface area contributed by atoms with Crippen LogP contribution in [0.15, 0.2) is 49.7 Å². The molecule has 0 saturated carbocycles. The molecule has 1 saturated heterocycles. The molecule has 0 atom stereocenters. The van der Waals surface area contributed by atoms with E-state index in [-0.39, 0.29) is 5.91 Å². The number of rotatable bonds is 7. The number of hydrogen-bond acceptors (Lipinski definition) is 4. The van der Waals surface area contributed by atoms with E-state index >= 15 is 0 Å². The van der Waals surface area contributed by atoms with Crippen molar-refractivity contribution >= 4 is 11.7 Å². The van der Waals surface area contributed by atoms with E-state index in [1.165, 1.54) is 0 Å². The highest BCUT2D eigenvalue weighted by molar-refractivity contribution is 5.78. The van der Waals surface area contributed by atoms with Gasteiger partial charge in [-0.3, -0.25) is 9.69 Å². The third-order valence-electron chi connectivity index (χ3n) is 3.76. The van der Waals surface area contributed by atoms with Gasteiger partial charge in [0.2, 0.25) is 5.91 Å². The first-order valence-corrected chi connectivity index (χ1v) is 7.62. The van der Waals surface area contributed by atoms with Crippen molar-refractivity contribution in [3.63, 3.8) is 0 Å². The minimum atomic E-state index is 0.131. The standard InChI is InChI=1S/C17H24N4O/c1-3-9-21(10-4-2)17(22)15-19-11-13-20(14-12-19)16-7-5-6-8-18-16/h3-8H,1-2,9-15H2. The summed E-state index contributed by atoms with van der Waals surface area (Å²) in [6.45, 7) is 12.5. The number of nitrogens with zero attached hydrogens (tertiary/aromatic N) is 4. The van der Waals surface area contributed by atoms with E-state index in [4.69, 9.17) is 0 Å². The van der Waals surface area contributed by atoms with Gasteiger partial charge >= 0.3 is 0 Å². The Morgan fingerprint density at radius 3 is 2.41 bits per heavy atom. The molecule has 1 aliphatic heterocycles. The highest BCUT2D eigenvalue weighted by atomic mass is 16.2. The fraction of sp³-hybridized carbons (Fsp3) is 0.412. The molecule has 118 valence electrons. The van der Waals surface area contributed by atoms with Crippen LogP contribution in [0.25, 0.3) is 0 Å². The lowest BCUT2D eigenvalue weighted by Gasteiger charge is -2.35. The molecule has 0 spiro atoms. The minimum Gasteiger partial charge on any atom is -0.354 e. The molecular formula is C17H24N4O. The van der Waals surface area contributed by atoms with Crippen molar-refractivity contribution in [2.45, 2.75) is 0 Å². The van der Waals surface area contributed by atoms with Gasteiger partial charge in [-0.15, -0.1) is 13.2 Å². The van der Waals surface area contributed by atoms with Crippen LogP contribution in [0, 0.1) is 0 Å². The second kappa shape index (κ2) is 8.34. The lowest BCUT2D eigenvalue weighted by atomic mass is 10.3. The van der Waals surface area contributed by atoms with Gasteiger partial charge in [-0.2, -0.15) is 0 Å². The van der Waals surface area contributed by atoms with Crippen LogP contribution in [0.2, 0.25) is 0 Å². The van der Waals surface area contributed by atoms with Gasteiger partial charge in [0.05, 0.1) is 6.54 Å². The molecule has 2 rings (SSSR count). The van der Waals surface area contributed by atoms with Gasteiger partial charge in [0, 0.05) is 45.5 Å². The Balaban J connectivity index is 1.82. The van der Waals surface area contributed by atoms with E-state index in [9.17, 15) is 4.79 Å². The van der Waals surface area contributed by atoms with Crippen LogP contribution in [0.5, 0.6) is 0 Å². The van der Waals surface area contributed by atoms with Crippen molar-refractivity contribution in [3.05, 3.63) is 49.7 Å². The van der Waals surface area contributed by atoms with Crippen LogP contribution in [-0.4, -0.2) is 66.5 Å². The van der Waals surface area contributed by atoms with Crippen molar-refractivity contribution in [2.75, 3.05) is 50.7 Å². The van der Waals surface area contributed by atoms with E-state index in [0.717, 1.165) is 32.0 Å². The topological polar surface area (TPSA) is 39.7 Å². The number of carbonyl (C=O) groups excluding carboxylic acids is 1. The highest BCUT2D eigenvalue weighted by Gasteiger charge is 2.21. The first-order chi connectivity index (χ1) is 10.7. The fourth-order valence-electron chi connectivity index (χ4n) is 2.56. The Morgan fingerprint density at radius 1 is 1.18 bits per heavy atom. The average Bonchev–Trinajstić information content (AvgIpc) is 2.56. The molecule has 0 aromatic carbocycles. The maximum absolute atomic E-state index is 12.3. The van der Waals surface area contributed by atoms with Crippen LogP contribution in [0.4, 0.5) is 5.82 Å². The van der Waals surface area contributed by atoms with Crippen molar-refractivity contribution in [1.82, 2.24) is 14.8 Å². The quantitative estimate of drug-likeness (QED) is 0.714. The van der Waals surface area contributed by atoms with Gasteiger partial charge in [-0.05, 0) is 12.1 Å². The molecule has 1 aromatic heterocycles. The lowest BCUT2D eigenvalue weighted by molar-refractivity contribution is -0.131. The van der Waals surface area contributed by atoms with Gasteiger partial charge in [0.25, 0.3) is 0 Å². The SMILES string of the molecule is C=CCN(CC=C)C(=O)CN1CCN(c2ccccn2)CC1. The number of amides is 1. The normalized spacial score (nSPS) is 15.4. The van der Waals surface area contributed by atoms with Crippen LogP contribution in [0.1, 0.15) is 0 Å². The molecule has 22 heavy (non-hydrogen) atoms. The molecule has 1 aromatic rings. The molecule has 2 heterocycles. The Morgan fingerprint density at radius 2 is 1.86 bits per heavy atom. The summed E-state index contributed by atoms with van der Waals surface area (Å²) in [4.78, 5) is 22.9. The van der Waals surface area contributed by atoms with Gasteiger partial charge in [-0.25, -0.2) is 4.98 Å². The molecule has 1 aliphatic rings. The summed E-state index contributed by atoms with van der Waals surface area (Å²) in [5, 5.41) is 0. The molecule has 0 bridgehead atoms. The van der Waals surface area contributed by atoms with E-state index in [0.29, 0.717) is 19.6 Å². The zero-order valence-corrected chi connectivity index (χ0v) is 13.0. The van der Waals surface area contributed by atoms with Crippen molar-refractivity contribution in [1.29, 1.82) is 0 Å². The number of piperazine rings is 1. The molecule has 0 radical (unpaired) electrons. The molecule has 0 unspecified atom stereocenters. The van der Waals surface area contributed by atoms with E-state index in [1.807, 2.05) is 24.4 Å². The Labute approximate surface area is 132 Å². The second-order valence-electron chi connectivity index (χ2n) is 5.33. The van der Waals surface area contributed by atoms with Gasteiger partial charge in [0.1, 0.15) is 5.82 Å². The lowest BCUT2D eigenvalue weighted by Crippen LogP contribution is -2.50. The third kappa shape index (κ3) is 4.43. The number of hydrogen-bond donors (Lipinski definition) is 0. The molecule has 1 fully saturated rings. The van der Waals surface area contributed by atoms with Crippen LogP contribution in [-0.2, 0) is 4.79 Å². The summed E-state index contributed by atoms with van der Waals surface area (Å²) in [5.74, 6) is 1.14. The summed E-state index contributed by atoms with van der Waals surface area (Å²) in [6, 6.07) is 5.95. The summed E-state index contributed by atoms with van der Waals surface area (Å²) in [7, 11) is 0. The molecular weight excluding hydrogens is 276 g/mol. The summed E-state index contributed by atoms with van der Waals surface area (Å²) < 4.78 is 0. The number of carbonyl (C=O) groups is 1. The predicted molar refractivity (Wildman–Crippen MR) is 89.9 cm³/mol. The maximum atomic E-state index is 12.3. The molecule has 0 aliphatic carbocycles. The first kappa shape index (κ1) is 16.2. The summed E-state index contributed by atoms with van der Waals surface area (Å²) in [6.07, 6.45) is 5.31. The monoisotopic (exact) mass is 300 g/mol. The third-order valence-corrected chi connectivity index (χ3v) is 3.76. The van der Waals surface area contributed by atoms with Crippen molar-refractivity contribution < 1.29 is 4.79 Å². The van der Waals surface area contributed by atoms with Gasteiger partial charge in [0.15, 0.2) is 0 Å². The predicted octanol–water partition coefficient (Wildman–Crippen LogP) is 1.40. The van der Waals surface area contributed by atoms with E-state index < -0.39 is 0 Å². The Bertz CT molecular complexity index is 485. The van der Waals surface area contributed by atoms with Crippen molar-refractivity contribution in [3.8, 4) is 0 Å². The number of aromatic nitrogens is 1. The zero-order chi connectivity index (χ0) is 15.8. The highest BCUT2D eigenvalue weighted by Crippen LogP contribution is 2.12. The molecule has 1 amide bonds. The number of pyridine rings is 1. The second-order valence-corrected chi connectivity index (χ2v) is 5.33.